The fourth-order valence-electron chi connectivity index (χ4n) is 3.29. The maximum absolute atomic E-state index is 5.26. The lowest BCUT2D eigenvalue weighted by Crippen LogP contribution is -2.44. The molecule has 7 heteroatoms. The Morgan fingerprint density at radius 1 is 0.897 bits per heavy atom. The molecule has 0 atom stereocenters. The zero-order chi connectivity index (χ0) is 20.1. The molecule has 2 N–H and O–H groups in total. The molecule has 0 spiro atoms. The van der Waals surface area contributed by atoms with Gasteiger partial charge in [-0.15, -0.1) is 0 Å². The average molecular weight is 390 g/mol. The van der Waals surface area contributed by atoms with Gasteiger partial charge in [0.15, 0.2) is 0 Å². The number of likely N-dealkylation sites (N-methyl/N-ethyl adjacent to an activating group) is 1. The number of nitrogens with zero attached hydrogens (tertiary/aromatic N) is 4. The Morgan fingerprint density at radius 3 is 2.45 bits per heavy atom. The van der Waals surface area contributed by atoms with Crippen LogP contribution in [-0.2, 0) is 0 Å². The number of methoxy groups -OCH3 is 1. The number of rotatable bonds is 6. The zero-order valence-electron chi connectivity index (χ0n) is 16.8. The highest BCUT2D eigenvalue weighted by Gasteiger charge is 2.14. The fraction of sp³-hybridized carbons (Fsp3) is 0.273. The second-order valence-corrected chi connectivity index (χ2v) is 7.08. The summed E-state index contributed by atoms with van der Waals surface area (Å²) < 4.78 is 5.26. The summed E-state index contributed by atoms with van der Waals surface area (Å²) in [6.07, 6.45) is 1.73. The van der Waals surface area contributed by atoms with Gasteiger partial charge in [0.1, 0.15) is 11.6 Å². The molecule has 1 aliphatic heterocycles. The third kappa shape index (κ3) is 4.94. The molecular weight excluding hydrogens is 364 g/mol. The van der Waals surface area contributed by atoms with E-state index in [0.29, 0.717) is 11.8 Å². The van der Waals surface area contributed by atoms with Crippen LogP contribution in [0.3, 0.4) is 0 Å². The highest BCUT2D eigenvalue weighted by atomic mass is 16.5. The molecule has 4 rings (SSSR count). The van der Waals surface area contributed by atoms with Crippen LogP contribution in [0.4, 0.5) is 28.8 Å². The van der Waals surface area contributed by atoms with Crippen LogP contribution < -0.4 is 20.3 Å². The van der Waals surface area contributed by atoms with Crippen LogP contribution in [0.15, 0.2) is 60.8 Å². The first-order valence-electron chi connectivity index (χ1n) is 9.74. The lowest BCUT2D eigenvalue weighted by molar-refractivity contribution is 0.313. The Balaban J connectivity index is 1.41. The van der Waals surface area contributed by atoms with Crippen molar-refractivity contribution in [3.63, 3.8) is 0 Å². The summed E-state index contributed by atoms with van der Waals surface area (Å²) >= 11 is 0. The predicted octanol–water partition coefficient (Wildman–Crippen LogP) is 3.72. The summed E-state index contributed by atoms with van der Waals surface area (Å²) in [7, 11) is 3.82. The fourth-order valence-corrected chi connectivity index (χ4v) is 3.29. The second kappa shape index (κ2) is 8.79. The maximum Gasteiger partial charge on any atom is 0.229 e. The highest BCUT2D eigenvalue weighted by Crippen LogP contribution is 2.23. The van der Waals surface area contributed by atoms with Crippen molar-refractivity contribution in [2.75, 3.05) is 55.9 Å². The van der Waals surface area contributed by atoms with E-state index < -0.39 is 0 Å². The quantitative estimate of drug-likeness (QED) is 0.665. The largest absolute Gasteiger partial charge is 0.497 e. The number of piperazine rings is 1. The highest BCUT2D eigenvalue weighted by molar-refractivity contribution is 5.62. The number of hydrogen-bond donors (Lipinski definition) is 2. The lowest BCUT2D eigenvalue weighted by Gasteiger charge is -2.34. The molecule has 0 radical (unpaired) electrons. The molecule has 1 fully saturated rings. The van der Waals surface area contributed by atoms with E-state index >= 15 is 0 Å². The molecule has 29 heavy (non-hydrogen) atoms. The van der Waals surface area contributed by atoms with Gasteiger partial charge in [0.2, 0.25) is 5.95 Å². The molecule has 0 unspecified atom stereocenters. The normalized spacial score (nSPS) is 14.5. The van der Waals surface area contributed by atoms with Gasteiger partial charge in [0, 0.05) is 55.5 Å². The minimum atomic E-state index is 0.547. The number of anilines is 5. The van der Waals surface area contributed by atoms with Crippen LogP contribution >= 0.6 is 0 Å². The van der Waals surface area contributed by atoms with Gasteiger partial charge in [0.25, 0.3) is 0 Å². The molecule has 2 aromatic carbocycles. The summed E-state index contributed by atoms with van der Waals surface area (Å²) in [4.78, 5) is 13.7. The zero-order valence-corrected chi connectivity index (χ0v) is 16.8. The summed E-state index contributed by atoms with van der Waals surface area (Å²) in [5.41, 5.74) is 3.12. The minimum Gasteiger partial charge on any atom is -0.497 e. The van der Waals surface area contributed by atoms with E-state index in [0.717, 1.165) is 43.3 Å². The Morgan fingerprint density at radius 2 is 1.69 bits per heavy atom. The number of ether oxygens (including phenoxy) is 1. The van der Waals surface area contributed by atoms with E-state index in [9.17, 15) is 0 Å². The number of hydrogen-bond acceptors (Lipinski definition) is 7. The first kappa shape index (κ1) is 19.0. The van der Waals surface area contributed by atoms with Crippen LogP contribution in [-0.4, -0.2) is 55.2 Å². The van der Waals surface area contributed by atoms with Gasteiger partial charge in [-0.1, -0.05) is 6.07 Å². The van der Waals surface area contributed by atoms with Gasteiger partial charge in [0.05, 0.1) is 7.11 Å². The molecule has 0 amide bonds. The SMILES string of the molecule is COc1cccc(Nc2ccnc(Nc3ccc(N4CCN(C)CC4)cc3)n2)c1. The van der Waals surface area contributed by atoms with E-state index in [4.69, 9.17) is 4.74 Å². The smallest absolute Gasteiger partial charge is 0.229 e. The Kier molecular flexibility index (Phi) is 5.76. The lowest BCUT2D eigenvalue weighted by atomic mass is 10.2. The van der Waals surface area contributed by atoms with Gasteiger partial charge >= 0.3 is 0 Å². The average Bonchev–Trinajstić information content (AvgIpc) is 2.75. The molecule has 1 saturated heterocycles. The number of aromatic nitrogens is 2. The molecule has 1 aromatic heterocycles. The first-order valence-corrected chi connectivity index (χ1v) is 9.74. The van der Waals surface area contributed by atoms with Crippen LogP contribution in [0.1, 0.15) is 0 Å². The maximum atomic E-state index is 5.26. The summed E-state index contributed by atoms with van der Waals surface area (Å²) in [5.74, 6) is 2.05. The molecule has 150 valence electrons. The Labute approximate surface area is 171 Å². The second-order valence-electron chi connectivity index (χ2n) is 7.08. The van der Waals surface area contributed by atoms with Crippen molar-refractivity contribution in [1.29, 1.82) is 0 Å². The van der Waals surface area contributed by atoms with Gasteiger partial charge < -0.3 is 25.2 Å². The molecule has 1 aliphatic rings. The topological polar surface area (TPSA) is 65.6 Å². The standard InChI is InChI=1S/C22H26N6O/c1-27-12-14-28(15-13-27)19-8-6-17(7-9-19)25-22-23-11-10-21(26-22)24-18-4-3-5-20(16-18)29-2/h3-11,16H,12-15H2,1-2H3,(H2,23,24,25,26). The van der Waals surface area contributed by atoms with Crippen molar-refractivity contribution in [2.45, 2.75) is 0 Å². The molecule has 0 bridgehead atoms. The van der Waals surface area contributed by atoms with Crippen LogP contribution in [0, 0.1) is 0 Å². The van der Waals surface area contributed by atoms with E-state index in [1.807, 2.05) is 30.3 Å². The number of benzene rings is 2. The number of nitrogens with one attached hydrogen (secondary N) is 2. The van der Waals surface area contributed by atoms with E-state index in [-0.39, 0.29) is 0 Å². The molecule has 0 saturated carbocycles. The van der Waals surface area contributed by atoms with Crippen molar-refractivity contribution >= 4 is 28.8 Å². The monoisotopic (exact) mass is 390 g/mol. The van der Waals surface area contributed by atoms with Gasteiger partial charge in [-0.3, -0.25) is 0 Å². The Bertz CT molecular complexity index is 938. The minimum absolute atomic E-state index is 0.547. The molecule has 0 aliphatic carbocycles. The van der Waals surface area contributed by atoms with Crippen molar-refractivity contribution in [3.8, 4) is 5.75 Å². The molecule has 3 aromatic rings. The third-order valence-corrected chi connectivity index (χ3v) is 4.99. The van der Waals surface area contributed by atoms with E-state index in [1.54, 1.807) is 13.3 Å². The summed E-state index contributed by atoms with van der Waals surface area (Å²) in [5, 5.41) is 6.55. The molecular formula is C22H26N6O. The van der Waals surface area contributed by atoms with Crippen molar-refractivity contribution in [1.82, 2.24) is 14.9 Å². The van der Waals surface area contributed by atoms with Gasteiger partial charge in [-0.05, 0) is 49.5 Å². The molecule has 2 heterocycles. The van der Waals surface area contributed by atoms with E-state index in [2.05, 4.69) is 61.7 Å². The van der Waals surface area contributed by atoms with E-state index in [1.165, 1.54) is 5.69 Å². The van der Waals surface area contributed by atoms with Crippen molar-refractivity contribution in [3.05, 3.63) is 60.8 Å². The summed E-state index contributed by atoms with van der Waals surface area (Å²) in [6, 6.07) is 18.0. The van der Waals surface area contributed by atoms with Crippen LogP contribution in [0.2, 0.25) is 0 Å². The molecule has 7 nitrogen and oxygen atoms in total. The van der Waals surface area contributed by atoms with Gasteiger partial charge in [-0.2, -0.15) is 4.98 Å². The van der Waals surface area contributed by atoms with Crippen LogP contribution in [0.5, 0.6) is 5.75 Å². The summed E-state index contributed by atoms with van der Waals surface area (Å²) in [6.45, 7) is 4.32. The van der Waals surface area contributed by atoms with Crippen molar-refractivity contribution in [2.24, 2.45) is 0 Å². The Hall–Kier alpha value is -3.32. The van der Waals surface area contributed by atoms with Gasteiger partial charge in [-0.25, -0.2) is 4.98 Å². The van der Waals surface area contributed by atoms with Crippen LogP contribution in [0.25, 0.3) is 0 Å². The van der Waals surface area contributed by atoms with Crippen molar-refractivity contribution < 1.29 is 4.74 Å². The first-order chi connectivity index (χ1) is 14.2. The third-order valence-electron chi connectivity index (χ3n) is 4.99. The predicted molar refractivity (Wildman–Crippen MR) is 118 cm³/mol.